The van der Waals surface area contributed by atoms with Crippen molar-refractivity contribution in [3.05, 3.63) is 46.5 Å². The maximum Gasteiger partial charge on any atom is 0.252 e. The molecular weight excluding hydrogens is 310 g/mol. The van der Waals surface area contributed by atoms with Gasteiger partial charge in [0.25, 0.3) is 11.7 Å². The lowest BCUT2D eigenvalue weighted by atomic mass is 9.92. The van der Waals surface area contributed by atoms with Crippen LogP contribution in [0.2, 0.25) is 5.02 Å². The first-order valence-electron chi connectivity index (χ1n) is 6.63. The molecule has 2 aliphatic heterocycles. The van der Waals surface area contributed by atoms with E-state index in [1.54, 1.807) is 24.3 Å². The van der Waals surface area contributed by atoms with Crippen molar-refractivity contribution in [1.29, 1.82) is 0 Å². The first-order chi connectivity index (χ1) is 10.3. The predicted octanol–water partition coefficient (Wildman–Crippen LogP) is 2.03. The highest BCUT2D eigenvalue weighted by molar-refractivity contribution is 6.30. The van der Waals surface area contributed by atoms with Crippen LogP contribution in [-0.2, 0) is 24.7 Å². The van der Waals surface area contributed by atoms with E-state index in [1.807, 2.05) is 0 Å². The summed E-state index contributed by atoms with van der Waals surface area (Å²) in [5.41, 5.74) is -1.05. The largest absolute Gasteiger partial charge is 0.501 e. The first-order valence-corrected chi connectivity index (χ1v) is 7.01. The Balaban J connectivity index is 2.00. The topological polar surface area (TPSA) is 83.9 Å². The molecule has 0 radical (unpaired) electrons. The first kappa shape index (κ1) is 14.6. The molecule has 2 amide bonds. The van der Waals surface area contributed by atoms with Gasteiger partial charge in [0.2, 0.25) is 17.6 Å². The molecule has 6 nitrogen and oxygen atoms in total. The number of carbonyl (C=O) groups excluding carboxylic acids is 3. The molecule has 22 heavy (non-hydrogen) atoms. The molecule has 0 aliphatic carbocycles. The number of imide groups is 1. The molecule has 0 aromatic heterocycles. The van der Waals surface area contributed by atoms with Crippen molar-refractivity contribution in [2.75, 3.05) is 0 Å². The van der Waals surface area contributed by atoms with Gasteiger partial charge in [-0.05, 0) is 19.1 Å². The van der Waals surface area contributed by atoms with Gasteiger partial charge in [-0.2, -0.15) is 0 Å². The van der Waals surface area contributed by atoms with Crippen LogP contribution in [-0.4, -0.2) is 27.6 Å². The van der Waals surface area contributed by atoms with Crippen LogP contribution < -0.4 is 0 Å². The second-order valence-electron chi connectivity index (χ2n) is 5.25. The van der Waals surface area contributed by atoms with Crippen molar-refractivity contribution in [3.8, 4) is 0 Å². The third kappa shape index (κ3) is 1.99. The van der Waals surface area contributed by atoms with Gasteiger partial charge in [0.15, 0.2) is 5.60 Å². The monoisotopic (exact) mass is 321 g/mol. The van der Waals surface area contributed by atoms with E-state index < -0.39 is 34.8 Å². The minimum Gasteiger partial charge on any atom is -0.501 e. The van der Waals surface area contributed by atoms with Gasteiger partial charge < -0.3 is 9.84 Å². The summed E-state index contributed by atoms with van der Waals surface area (Å²) in [5, 5.41) is 10.5. The minimum atomic E-state index is -1.51. The Labute approximate surface area is 130 Å². The van der Waals surface area contributed by atoms with E-state index in [9.17, 15) is 19.5 Å². The number of rotatable bonds is 2. The molecular formula is C15H12ClNO5. The van der Waals surface area contributed by atoms with Gasteiger partial charge in [-0.15, -0.1) is 0 Å². The van der Waals surface area contributed by atoms with Crippen molar-refractivity contribution in [2.45, 2.75) is 25.4 Å². The lowest BCUT2D eigenvalue weighted by molar-refractivity contribution is -0.144. The highest BCUT2D eigenvalue weighted by Gasteiger charge is 2.52. The van der Waals surface area contributed by atoms with Gasteiger partial charge in [0, 0.05) is 23.4 Å². The number of benzene rings is 1. The zero-order chi connectivity index (χ0) is 16.1. The summed E-state index contributed by atoms with van der Waals surface area (Å²) in [5.74, 6) is -2.83. The summed E-state index contributed by atoms with van der Waals surface area (Å²) in [4.78, 5) is 36.6. The normalized spacial score (nSPS) is 25.2. The van der Waals surface area contributed by atoms with Gasteiger partial charge in [-0.25, -0.2) is 4.90 Å². The molecule has 1 aromatic carbocycles. The summed E-state index contributed by atoms with van der Waals surface area (Å²) >= 11 is 5.82. The average molecular weight is 322 g/mol. The van der Waals surface area contributed by atoms with Crippen molar-refractivity contribution < 1.29 is 24.2 Å². The SMILES string of the molecule is CC1(c2ccc(Cl)cc2)OC(N2C(=O)CCC2=O)=C(O)C1=O. The van der Waals surface area contributed by atoms with Gasteiger partial charge in [-0.1, -0.05) is 23.7 Å². The number of aliphatic hydroxyl groups is 1. The molecule has 2 heterocycles. The number of nitrogens with zero attached hydrogens (tertiary/aromatic N) is 1. The van der Waals surface area contributed by atoms with Gasteiger partial charge in [0.05, 0.1) is 0 Å². The fraction of sp³-hybridized carbons (Fsp3) is 0.267. The second-order valence-corrected chi connectivity index (χ2v) is 5.68. The molecule has 114 valence electrons. The fourth-order valence-electron chi connectivity index (χ4n) is 2.52. The zero-order valence-electron chi connectivity index (χ0n) is 11.6. The van der Waals surface area contributed by atoms with E-state index in [-0.39, 0.29) is 12.8 Å². The van der Waals surface area contributed by atoms with Crippen LogP contribution in [0.1, 0.15) is 25.3 Å². The van der Waals surface area contributed by atoms with Crippen LogP contribution in [0.3, 0.4) is 0 Å². The van der Waals surface area contributed by atoms with E-state index in [4.69, 9.17) is 16.3 Å². The fourth-order valence-corrected chi connectivity index (χ4v) is 2.65. The molecule has 0 spiro atoms. The third-order valence-electron chi connectivity index (χ3n) is 3.80. The highest BCUT2D eigenvalue weighted by Crippen LogP contribution is 2.40. The number of ketones is 1. The number of ether oxygens (including phenoxy) is 1. The quantitative estimate of drug-likeness (QED) is 0.843. The van der Waals surface area contributed by atoms with Gasteiger partial charge >= 0.3 is 0 Å². The van der Waals surface area contributed by atoms with E-state index >= 15 is 0 Å². The van der Waals surface area contributed by atoms with E-state index in [1.165, 1.54) is 6.92 Å². The standard InChI is InChI=1S/C15H12ClNO5/c1-15(8-2-4-9(16)5-3-8)13(21)12(20)14(22-15)17-10(18)6-7-11(17)19/h2-5,20H,6-7H2,1H3. The van der Waals surface area contributed by atoms with Crippen LogP contribution in [0.4, 0.5) is 0 Å². The number of amides is 2. The lowest BCUT2D eigenvalue weighted by Gasteiger charge is -2.25. The Morgan fingerprint density at radius 1 is 1.14 bits per heavy atom. The predicted molar refractivity (Wildman–Crippen MR) is 75.6 cm³/mol. The Bertz CT molecular complexity index is 708. The molecule has 0 bridgehead atoms. The van der Waals surface area contributed by atoms with Crippen molar-refractivity contribution in [2.24, 2.45) is 0 Å². The average Bonchev–Trinajstić information content (AvgIpc) is 2.93. The van der Waals surface area contributed by atoms with Crippen LogP contribution >= 0.6 is 11.6 Å². The van der Waals surface area contributed by atoms with Crippen LogP contribution in [0.25, 0.3) is 0 Å². The third-order valence-corrected chi connectivity index (χ3v) is 4.05. The number of aliphatic hydroxyl groups excluding tert-OH is 1. The van der Waals surface area contributed by atoms with Crippen LogP contribution in [0.15, 0.2) is 35.9 Å². The zero-order valence-corrected chi connectivity index (χ0v) is 12.4. The number of hydrogen-bond acceptors (Lipinski definition) is 5. The summed E-state index contributed by atoms with van der Waals surface area (Å²) in [7, 11) is 0. The molecule has 0 saturated carbocycles. The molecule has 1 atom stereocenters. The van der Waals surface area contributed by atoms with E-state index in [0.29, 0.717) is 10.6 Å². The second kappa shape index (κ2) is 4.84. The van der Waals surface area contributed by atoms with E-state index in [2.05, 4.69) is 0 Å². The highest BCUT2D eigenvalue weighted by atomic mass is 35.5. The Hall–Kier alpha value is -2.34. The molecule has 2 aliphatic rings. The summed E-state index contributed by atoms with van der Waals surface area (Å²) in [6, 6.07) is 6.34. The number of halogens is 1. The molecule has 1 fully saturated rings. The summed E-state index contributed by atoms with van der Waals surface area (Å²) in [6.45, 7) is 1.47. The van der Waals surface area contributed by atoms with Gasteiger partial charge in [-0.3, -0.25) is 14.4 Å². The minimum absolute atomic E-state index is 0.0326. The van der Waals surface area contributed by atoms with Crippen LogP contribution in [0, 0.1) is 0 Å². The Kier molecular flexibility index (Phi) is 3.21. The maximum atomic E-state index is 12.4. The number of hydrogen-bond donors (Lipinski definition) is 1. The molecule has 7 heteroatoms. The number of likely N-dealkylation sites (tertiary alicyclic amines) is 1. The lowest BCUT2D eigenvalue weighted by Crippen LogP contribution is -2.33. The van der Waals surface area contributed by atoms with Crippen LogP contribution in [0.5, 0.6) is 0 Å². The molecule has 1 aromatic rings. The van der Waals surface area contributed by atoms with Crippen molar-refractivity contribution in [1.82, 2.24) is 4.90 Å². The summed E-state index contributed by atoms with van der Waals surface area (Å²) < 4.78 is 5.55. The van der Waals surface area contributed by atoms with Crippen molar-refractivity contribution >= 4 is 29.2 Å². The Morgan fingerprint density at radius 2 is 1.68 bits per heavy atom. The smallest absolute Gasteiger partial charge is 0.252 e. The molecule has 1 saturated heterocycles. The molecule has 3 rings (SSSR count). The number of carbonyl (C=O) groups is 3. The maximum absolute atomic E-state index is 12.4. The molecule has 1 unspecified atom stereocenters. The van der Waals surface area contributed by atoms with Gasteiger partial charge in [0.1, 0.15) is 0 Å². The van der Waals surface area contributed by atoms with Crippen molar-refractivity contribution in [3.63, 3.8) is 0 Å². The molecule has 1 N–H and O–H groups in total. The van der Waals surface area contributed by atoms with E-state index in [0.717, 1.165) is 4.90 Å². The Morgan fingerprint density at radius 3 is 2.23 bits per heavy atom. The number of Topliss-reactive ketones (excluding diaryl/α,β-unsaturated/α-hetero) is 1. The summed E-state index contributed by atoms with van der Waals surface area (Å²) in [6.07, 6.45) is 0.0651.